The first-order valence-electron chi connectivity index (χ1n) is 26.1. The summed E-state index contributed by atoms with van der Waals surface area (Å²) in [7, 11) is 0. The van der Waals surface area contributed by atoms with Crippen molar-refractivity contribution >= 4 is 32.7 Å². The minimum absolute atomic E-state index is 0.162. The molecule has 0 saturated carbocycles. The molecule has 0 atom stereocenters. The molecular weight excluding hydrogens is 647 g/mol. The summed E-state index contributed by atoms with van der Waals surface area (Å²) in [5.41, 5.74) is -3.74. The van der Waals surface area contributed by atoms with Gasteiger partial charge in [-0.1, -0.05) is 151 Å². The highest BCUT2D eigenvalue weighted by Gasteiger charge is 2.18. The molecule has 8 aromatic carbocycles. The van der Waals surface area contributed by atoms with E-state index in [0.29, 0.717) is 11.1 Å². The molecule has 4 nitrogen and oxygen atoms in total. The quantitative estimate of drug-likeness (QED) is 0.174. The van der Waals surface area contributed by atoms with Gasteiger partial charge in [-0.15, -0.1) is 0 Å². The average Bonchev–Trinajstić information content (AvgIpc) is 3.80. The van der Waals surface area contributed by atoms with Crippen molar-refractivity contribution < 1.29 is 31.8 Å². The zero-order valence-corrected chi connectivity index (χ0v) is 27.1. The van der Waals surface area contributed by atoms with Crippen molar-refractivity contribution in [3.63, 3.8) is 0 Å². The fourth-order valence-corrected chi connectivity index (χ4v) is 5.97. The van der Waals surface area contributed by atoms with E-state index in [9.17, 15) is 11.0 Å². The van der Waals surface area contributed by atoms with Crippen LogP contribution in [0.25, 0.3) is 100 Å². The Hall–Kier alpha value is -7.17. The second-order valence-electron chi connectivity index (χ2n) is 11.6. The number of nitrogens with zero attached hydrogens (tertiary/aromatic N) is 3. The summed E-state index contributed by atoms with van der Waals surface area (Å²) < 4.78 is 186. The predicted octanol–water partition coefficient (Wildman–Crippen LogP) is 12.9. The van der Waals surface area contributed by atoms with Crippen molar-refractivity contribution in [2.45, 2.75) is 0 Å². The van der Waals surface area contributed by atoms with Crippen molar-refractivity contribution in [2.24, 2.45) is 0 Å². The van der Waals surface area contributed by atoms with Gasteiger partial charge in [-0.05, 0) is 75.0 Å². The lowest BCUT2D eigenvalue weighted by Crippen LogP contribution is -2.00. The molecular formula is C49H31N3O. The molecule has 0 aliphatic rings. The Bertz CT molecular complexity index is 3980. The van der Waals surface area contributed by atoms with E-state index in [1.807, 2.05) is 0 Å². The molecule has 0 bridgehead atoms. The summed E-state index contributed by atoms with van der Waals surface area (Å²) in [4.78, 5) is 14.0. The van der Waals surface area contributed by atoms with Crippen molar-refractivity contribution in [1.82, 2.24) is 15.0 Å². The number of furan rings is 1. The minimum Gasteiger partial charge on any atom is -0.455 e. The molecule has 53 heavy (non-hydrogen) atoms. The van der Waals surface area contributed by atoms with Gasteiger partial charge in [0.05, 0.1) is 27.4 Å². The first-order valence-corrected chi connectivity index (χ1v) is 16.1. The molecule has 0 amide bonds. The fraction of sp³-hybridized carbons (Fsp3) is 0. The zero-order chi connectivity index (χ0) is 52.5. The van der Waals surface area contributed by atoms with Gasteiger partial charge in [-0.2, -0.15) is 0 Å². The highest BCUT2D eigenvalue weighted by Crippen LogP contribution is 2.42. The maximum atomic E-state index is 10.0. The second kappa shape index (κ2) is 12.9. The van der Waals surface area contributed by atoms with Gasteiger partial charge in [0.25, 0.3) is 0 Å². The molecule has 0 spiro atoms. The van der Waals surface area contributed by atoms with E-state index in [1.54, 1.807) is 60.7 Å². The van der Waals surface area contributed by atoms with E-state index in [-0.39, 0.29) is 33.8 Å². The summed E-state index contributed by atoms with van der Waals surface area (Å²) >= 11 is 0. The van der Waals surface area contributed by atoms with E-state index in [2.05, 4.69) is 15.0 Å². The van der Waals surface area contributed by atoms with Gasteiger partial charge in [0, 0.05) is 32.8 Å². The normalized spacial score (nSPS) is 16.7. The Balaban J connectivity index is 1.39. The molecule has 0 unspecified atom stereocenters. The summed E-state index contributed by atoms with van der Waals surface area (Å²) in [6.45, 7) is 0. The van der Waals surface area contributed by atoms with Crippen LogP contribution in [0.4, 0.5) is 0 Å². The molecule has 2 aromatic heterocycles. The second-order valence-corrected chi connectivity index (χ2v) is 11.6. The zero-order valence-electron chi connectivity index (χ0n) is 47.1. The summed E-state index contributed by atoms with van der Waals surface area (Å²) in [5, 5.41) is -1.66. The maximum Gasteiger partial charge on any atom is 0.164 e. The number of hydrogen-bond donors (Lipinski definition) is 0. The van der Waals surface area contributed by atoms with Crippen LogP contribution in [0.1, 0.15) is 27.4 Å². The van der Waals surface area contributed by atoms with E-state index in [0.717, 1.165) is 6.07 Å². The van der Waals surface area contributed by atoms with Crippen molar-refractivity contribution in [1.29, 1.82) is 0 Å². The van der Waals surface area contributed by atoms with Gasteiger partial charge in [0.1, 0.15) is 11.2 Å². The standard InChI is InChI=1S/C49H31N3O/c1-5-15-32(16-6-1)37-27-38(33-17-7-2-8-18-33)29-39(28-37)43-31-44-41-26-25-36(30-45(41)53-46(44)42-24-14-13-23-40(42)43)49-51-47(34-19-9-3-10-20-34)50-48(52-49)35-21-11-4-12-22-35/h1-31H/i1D,2D,5D,6D,7D,8D,13D,14D,15D,16D,17D,18D,23D,24D,25D,26D,27D,28D,30D,31D. The van der Waals surface area contributed by atoms with Crippen LogP contribution in [0.5, 0.6) is 0 Å². The van der Waals surface area contributed by atoms with Crippen LogP contribution >= 0.6 is 0 Å². The van der Waals surface area contributed by atoms with Crippen LogP contribution in [-0.2, 0) is 0 Å². The fourth-order valence-electron chi connectivity index (χ4n) is 5.97. The van der Waals surface area contributed by atoms with Crippen molar-refractivity contribution in [2.75, 3.05) is 0 Å². The van der Waals surface area contributed by atoms with Gasteiger partial charge in [0.2, 0.25) is 0 Å². The van der Waals surface area contributed by atoms with E-state index >= 15 is 0 Å². The lowest BCUT2D eigenvalue weighted by atomic mass is 9.90. The Morgan fingerprint density at radius 3 is 1.57 bits per heavy atom. The van der Waals surface area contributed by atoms with Crippen LogP contribution < -0.4 is 0 Å². The van der Waals surface area contributed by atoms with Gasteiger partial charge in [0.15, 0.2) is 17.5 Å². The highest BCUT2D eigenvalue weighted by molar-refractivity contribution is 6.19. The first-order chi connectivity index (χ1) is 34.6. The predicted molar refractivity (Wildman–Crippen MR) is 217 cm³/mol. The molecule has 0 aliphatic heterocycles. The van der Waals surface area contributed by atoms with Crippen LogP contribution in [0.3, 0.4) is 0 Å². The van der Waals surface area contributed by atoms with Crippen molar-refractivity contribution in [3.05, 3.63) is 188 Å². The van der Waals surface area contributed by atoms with Gasteiger partial charge < -0.3 is 4.42 Å². The molecule has 10 aromatic rings. The molecule has 0 fully saturated rings. The van der Waals surface area contributed by atoms with Gasteiger partial charge >= 0.3 is 0 Å². The molecule has 248 valence electrons. The van der Waals surface area contributed by atoms with Crippen LogP contribution in [-0.4, -0.2) is 15.0 Å². The molecule has 0 radical (unpaired) electrons. The summed E-state index contributed by atoms with van der Waals surface area (Å²) in [5.74, 6) is 0.123. The average molecular weight is 698 g/mol. The topological polar surface area (TPSA) is 51.8 Å². The number of hydrogen-bond acceptors (Lipinski definition) is 4. The SMILES string of the molecule is [2H]c1c([2H])c([2H])c(-c2cc(-c3c([2H])c4c(oc5c([2H])c(-c6nc(-c7ccccc7)nc(-c7ccccc7)n6)c([2H])c([2H])c54)c4c([2H])c([2H])c([2H])c([2H])c34)c([2H])c(-c3c([2H])c([2H])c([2H])c([2H])c3[2H])c2[2H])c([2H])c1[2H]. The number of rotatable bonds is 6. The number of aromatic nitrogens is 3. The van der Waals surface area contributed by atoms with E-state index in [1.165, 1.54) is 0 Å². The third-order valence-electron chi connectivity index (χ3n) is 8.39. The molecule has 10 rings (SSSR count). The van der Waals surface area contributed by atoms with Gasteiger partial charge in [-0.25, -0.2) is 15.0 Å². The maximum absolute atomic E-state index is 10.0. The lowest BCUT2D eigenvalue weighted by Gasteiger charge is -2.13. The third kappa shape index (κ3) is 5.63. The first kappa shape index (κ1) is 16.4. The largest absolute Gasteiger partial charge is 0.455 e. The van der Waals surface area contributed by atoms with E-state index < -0.39 is 176 Å². The molecule has 4 heteroatoms. The Morgan fingerprint density at radius 1 is 0.377 bits per heavy atom. The monoisotopic (exact) mass is 697 g/mol. The number of benzene rings is 8. The molecule has 0 aliphatic carbocycles. The Morgan fingerprint density at radius 2 is 0.925 bits per heavy atom. The molecule has 0 N–H and O–H groups in total. The Kier molecular flexibility index (Phi) is 3.99. The molecule has 2 heterocycles. The Labute approximate surface area is 334 Å². The highest BCUT2D eigenvalue weighted by atomic mass is 16.3. The van der Waals surface area contributed by atoms with Crippen LogP contribution in [0.15, 0.2) is 192 Å². The van der Waals surface area contributed by atoms with Crippen LogP contribution in [0, 0.1) is 0 Å². The van der Waals surface area contributed by atoms with E-state index in [4.69, 9.17) is 20.9 Å². The molecule has 0 saturated heterocycles. The number of fused-ring (bicyclic) bond motifs is 5. The minimum atomic E-state index is -0.892. The third-order valence-corrected chi connectivity index (χ3v) is 8.39. The summed E-state index contributed by atoms with van der Waals surface area (Å²) in [6.07, 6.45) is 0. The lowest BCUT2D eigenvalue weighted by molar-refractivity contribution is 0.673. The smallest absolute Gasteiger partial charge is 0.164 e. The van der Waals surface area contributed by atoms with Crippen molar-refractivity contribution in [3.8, 4) is 67.5 Å². The van der Waals surface area contributed by atoms with Gasteiger partial charge in [-0.3, -0.25) is 0 Å². The van der Waals surface area contributed by atoms with Crippen LogP contribution in [0.2, 0.25) is 0 Å². The summed E-state index contributed by atoms with van der Waals surface area (Å²) in [6, 6.07) is 2.70.